The van der Waals surface area contributed by atoms with Crippen LogP contribution >= 0.6 is 0 Å². The van der Waals surface area contributed by atoms with Crippen LogP contribution in [0.15, 0.2) is 42.5 Å². The van der Waals surface area contributed by atoms with Gasteiger partial charge in [0.05, 0.1) is 14.2 Å². The molecule has 0 amide bonds. The second-order valence-corrected chi connectivity index (χ2v) is 5.78. The highest BCUT2D eigenvalue weighted by Crippen LogP contribution is 2.39. The molecule has 0 aliphatic carbocycles. The molecular formula is C19H22F3NO3. The van der Waals surface area contributed by atoms with Crippen molar-refractivity contribution in [2.45, 2.75) is 31.7 Å². The van der Waals surface area contributed by atoms with Gasteiger partial charge >= 0.3 is 6.18 Å². The lowest BCUT2D eigenvalue weighted by Crippen LogP contribution is -2.17. The van der Waals surface area contributed by atoms with Gasteiger partial charge < -0.3 is 19.9 Å². The lowest BCUT2D eigenvalue weighted by Gasteiger charge is -2.20. The molecule has 0 unspecified atom stereocenters. The zero-order valence-electron chi connectivity index (χ0n) is 14.7. The first kappa shape index (κ1) is 19.9. The van der Waals surface area contributed by atoms with Crippen molar-refractivity contribution in [2.24, 2.45) is 5.73 Å². The molecule has 0 aliphatic rings. The minimum absolute atomic E-state index is 0.249. The fourth-order valence-electron chi connectivity index (χ4n) is 2.50. The van der Waals surface area contributed by atoms with Crippen molar-refractivity contribution in [3.05, 3.63) is 53.6 Å². The van der Waals surface area contributed by atoms with Crippen LogP contribution in [0.25, 0.3) is 0 Å². The van der Waals surface area contributed by atoms with Gasteiger partial charge in [0.25, 0.3) is 0 Å². The SMILES string of the molecule is COc1cc(OCc2ccccc2)c([C@H](N)CCC(F)(F)F)cc1OC. The molecule has 2 N–H and O–H groups in total. The highest BCUT2D eigenvalue weighted by molar-refractivity contribution is 5.51. The van der Waals surface area contributed by atoms with Gasteiger partial charge in [0, 0.05) is 24.1 Å². The number of hydrogen-bond acceptors (Lipinski definition) is 4. The van der Waals surface area contributed by atoms with Crippen molar-refractivity contribution in [1.82, 2.24) is 0 Å². The summed E-state index contributed by atoms with van der Waals surface area (Å²) in [5, 5.41) is 0. The van der Waals surface area contributed by atoms with Crippen LogP contribution in [0.5, 0.6) is 17.2 Å². The number of benzene rings is 2. The maximum Gasteiger partial charge on any atom is 0.389 e. The van der Waals surface area contributed by atoms with E-state index in [2.05, 4.69) is 0 Å². The summed E-state index contributed by atoms with van der Waals surface area (Å²) in [4.78, 5) is 0. The lowest BCUT2D eigenvalue weighted by atomic mass is 10.0. The first-order chi connectivity index (χ1) is 12.3. The summed E-state index contributed by atoms with van der Waals surface area (Å²) in [7, 11) is 2.93. The van der Waals surface area contributed by atoms with Crippen molar-refractivity contribution in [3.8, 4) is 17.2 Å². The van der Waals surface area contributed by atoms with Crippen LogP contribution in [0.1, 0.15) is 30.0 Å². The number of rotatable bonds is 8. The molecule has 26 heavy (non-hydrogen) atoms. The van der Waals surface area contributed by atoms with E-state index < -0.39 is 18.6 Å². The highest BCUT2D eigenvalue weighted by Gasteiger charge is 2.29. The molecule has 0 saturated heterocycles. The molecule has 0 heterocycles. The van der Waals surface area contributed by atoms with Crippen LogP contribution in [-0.4, -0.2) is 20.4 Å². The topological polar surface area (TPSA) is 53.7 Å². The largest absolute Gasteiger partial charge is 0.493 e. The van der Waals surface area contributed by atoms with Crippen molar-refractivity contribution < 1.29 is 27.4 Å². The van der Waals surface area contributed by atoms with Gasteiger partial charge in [-0.1, -0.05) is 30.3 Å². The van der Waals surface area contributed by atoms with Crippen molar-refractivity contribution in [3.63, 3.8) is 0 Å². The Bertz CT molecular complexity index is 705. The average molecular weight is 369 g/mol. The van der Waals surface area contributed by atoms with E-state index in [9.17, 15) is 13.2 Å². The fourth-order valence-corrected chi connectivity index (χ4v) is 2.50. The van der Waals surface area contributed by atoms with E-state index in [0.29, 0.717) is 22.8 Å². The van der Waals surface area contributed by atoms with Crippen LogP contribution in [0.3, 0.4) is 0 Å². The van der Waals surface area contributed by atoms with E-state index in [1.807, 2.05) is 30.3 Å². The predicted molar refractivity (Wildman–Crippen MR) is 92.5 cm³/mol. The first-order valence-electron chi connectivity index (χ1n) is 8.09. The Balaban J connectivity index is 2.27. The van der Waals surface area contributed by atoms with E-state index in [0.717, 1.165) is 5.56 Å². The summed E-state index contributed by atoms with van der Waals surface area (Å²) in [6.07, 6.45) is -5.49. The standard InChI is InChI=1S/C19H22F3NO3/c1-24-17-10-14(15(23)8-9-19(20,21)22)16(11-18(17)25-2)26-12-13-6-4-3-5-7-13/h3-7,10-11,15H,8-9,12,23H2,1-2H3/t15-/m1/s1. The van der Waals surface area contributed by atoms with E-state index in [4.69, 9.17) is 19.9 Å². The zero-order valence-corrected chi connectivity index (χ0v) is 14.7. The quantitative estimate of drug-likeness (QED) is 0.737. The van der Waals surface area contributed by atoms with E-state index in [1.54, 1.807) is 12.1 Å². The molecule has 2 aromatic rings. The Morgan fingerprint density at radius 1 is 0.962 bits per heavy atom. The molecule has 142 valence electrons. The van der Waals surface area contributed by atoms with E-state index in [-0.39, 0.29) is 13.0 Å². The number of nitrogens with two attached hydrogens (primary N) is 1. The normalized spacial score (nSPS) is 12.5. The molecule has 0 aliphatic heterocycles. The third kappa shape index (κ3) is 5.56. The van der Waals surface area contributed by atoms with Crippen molar-refractivity contribution >= 4 is 0 Å². The maximum absolute atomic E-state index is 12.5. The number of alkyl halides is 3. The number of halogens is 3. The first-order valence-corrected chi connectivity index (χ1v) is 8.09. The molecule has 4 nitrogen and oxygen atoms in total. The third-order valence-electron chi connectivity index (χ3n) is 3.89. The van der Waals surface area contributed by atoms with Crippen LogP contribution in [-0.2, 0) is 6.61 Å². The molecule has 0 fully saturated rings. The van der Waals surface area contributed by atoms with Crippen LogP contribution < -0.4 is 19.9 Å². The zero-order chi connectivity index (χ0) is 19.2. The summed E-state index contributed by atoms with van der Waals surface area (Å²) in [5.41, 5.74) is 7.39. The number of ether oxygens (including phenoxy) is 3. The third-order valence-corrected chi connectivity index (χ3v) is 3.89. The molecule has 0 aromatic heterocycles. The number of hydrogen-bond donors (Lipinski definition) is 1. The number of methoxy groups -OCH3 is 2. The summed E-state index contributed by atoms with van der Waals surface area (Å²) >= 11 is 0. The Kier molecular flexibility index (Phi) is 6.74. The minimum atomic E-state index is -4.26. The maximum atomic E-state index is 12.5. The van der Waals surface area contributed by atoms with Crippen LogP contribution in [0.4, 0.5) is 13.2 Å². The summed E-state index contributed by atoms with van der Waals surface area (Å²) in [6, 6.07) is 11.7. The Morgan fingerprint density at radius 2 is 1.58 bits per heavy atom. The molecule has 1 atom stereocenters. The van der Waals surface area contributed by atoms with Gasteiger partial charge in [-0.05, 0) is 18.1 Å². The van der Waals surface area contributed by atoms with Gasteiger partial charge in [-0.3, -0.25) is 0 Å². The molecule has 2 rings (SSSR count). The molecule has 0 spiro atoms. The highest BCUT2D eigenvalue weighted by atomic mass is 19.4. The Labute approximate surface area is 150 Å². The van der Waals surface area contributed by atoms with Gasteiger partial charge in [-0.15, -0.1) is 0 Å². The molecular weight excluding hydrogens is 347 g/mol. The van der Waals surface area contributed by atoms with Crippen molar-refractivity contribution in [2.75, 3.05) is 14.2 Å². The van der Waals surface area contributed by atoms with Gasteiger partial charge in [0.2, 0.25) is 0 Å². The molecule has 7 heteroatoms. The minimum Gasteiger partial charge on any atom is -0.493 e. The summed E-state index contributed by atoms with van der Waals surface area (Å²) < 4.78 is 53.9. The predicted octanol–water partition coefficient (Wildman–Crippen LogP) is 4.63. The monoisotopic (exact) mass is 369 g/mol. The summed E-state index contributed by atoms with van der Waals surface area (Å²) in [6.45, 7) is 0.259. The Hall–Kier alpha value is -2.41. The van der Waals surface area contributed by atoms with Crippen LogP contribution in [0, 0.1) is 0 Å². The smallest absolute Gasteiger partial charge is 0.389 e. The summed E-state index contributed by atoms with van der Waals surface area (Å²) in [5.74, 6) is 1.18. The second kappa shape index (κ2) is 8.80. The second-order valence-electron chi connectivity index (χ2n) is 5.78. The molecule has 2 aromatic carbocycles. The lowest BCUT2D eigenvalue weighted by molar-refractivity contribution is -0.136. The molecule has 0 saturated carbocycles. The van der Waals surface area contributed by atoms with Gasteiger partial charge in [-0.2, -0.15) is 13.2 Å². The van der Waals surface area contributed by atoms with Gasteiger partial charge in [0.1, 0.15) is 12.4 Å². The van der Waals surface area contributed by atoms with E-state index in [1.165, 1.54) is 14.2 Å². The van der Waals surface area contributed by atoms with Gasteiger partial charge in [-0.25, -0.2) is 0 Å². The molecule has 0 radical (unpaired) electrons. The van der Waals surface area contributed by atoms with Gasteiger partial charge in [0.15, 0.2) is 11.5 Å². The van der Waals surface area contributed by atoms with Crippen LogP contribution in [0.2, 0.25) is 0 Å². The van der Waals surface area contributed by atoms with E-state index >= 15 is 0 Å². The Morgan fingerprint density at radius 3 is 2.15 bits per heavy atom. The fraction of sp³-hybridized carbons (Fsp3) is 0.368. The van der Waals surface area contributed by atoms with Crippen molar-refractivity contribution in [1.29, 1.82) is 0 Å². The average Bonchev–Trinajstić information content (AvgIpc) is 2.63. The molecule has 0 bridgehead atoms.